The molecule has 0 atom stereocenters. The third-order valence-corrected chi connectivity index (χ3v) is 2.29. The zero-order valence-corrected chi connectivity index (χ0v) is 10.7. The zero-order valence-electron chi connectivity index (χ0n) is 10.7. The molecule has 0 unspecified atom stereocenters. The summed E-state index contributed by atoms with van der Waals surface area (Å²) in [5.74, 6) is 1.05. The molecule has 1 aromatic rings. The second kappa shape index (κ2) is 6.70. The number of benzene rings is 1. The van der Waals surface area contributed by atoms with Crippen LogP contribution in [-0.2, 0) is 16.1 Å². The van der Waals surface area contributed by atoms with Crippen LogP contribution < -0.4 is 19.9 Å². The minimum absolute atomic E-state index is 0.104. The van der Waals surface area contributed by atoms with Gasteiger partial charge in [-0.15, -0.1) is 0 Å². The van der Waals surface area contributed by atoms with Crippen molar-refractivity contribution in [1.29, 1.82) is 0 Å². The number of hydrogen-bond acceptors (Lipinski definition) is 6. The van der Waals surface area contributed by atoms with E-state index in [-0.39, 0.29) is 13.2 Å². The van der Waals surface area contributed by atoms with Crippen molar-refractivity contribution in [3.8, 4) is 17.2 Å². The first-order valence-electron chi connectivity index (χ1n) is 5.30. The Labute approximate surface area is 106 Å². The van der Waals surface area contributed by atoms with E-state index >= 15 is 0 Å². The van der Waals surface area contributed by atoms with E-state index in [1.54, 1.807) is 12.1 Å². The summed E-state index contributed by atoms with van der Waals surface area (Å²) in [6, 6.07) is 3.43. The fraction of sp³-hybridized carbons (Fsp3) is 0.417. The van der Waals surface area contributed by atoms with Gasteiger partial charge in [0.05, 0.1) is 27.9 Å². The van der Waals surface area contributed by atoms with E-state index < -0.39 is 5.97 Å². The predicted molar refractivity (Wildman–Crippen MR) is 64.9 cm³/mol. The SMILES string of the molecule is COc1cc(COC(=O)CN)cc(OC)c1OC. The van der Waals surface area contributed by atoms with Crippen molar-refractivity contribution in [3.63, 3.8) is 0 Å². The van der Waals surface area contributed by atoms with Crippen molar-refractivity contribution in [2.45, 2.75) is 6.61 Å². The number of carbonyl (C=O) groups excluding carboxylic acids is 1. The molecule has 0 aliphatic carbocycles. The summed E-state index contributed by atoms with van der Waals surface area (Å²) in [5, 5.41) is 0. The number of esters is 1. The van der Waals surface area contributed by atoms with Crippen LogP contribution in [0.5, 0.6) is 17.2 Å². The van der Waals surface area contributed by atoms with Crippen LogP contribution in [0.25, 0.3) is 0 Å². The Kier molecular flexibility index (Phi) is 5.26. The molecular formula is C12H17NO5. The van der Waals surface area contributed by atoms with E-state index in [1.165, 1.54) is 21.3 Å². The summed E-state index contributed by atoms with van der Waals surface area (Å²) < 4.78 is 20.5. The van der Waals surface area contributed by atoms with Crippen LogP contribution in [0.1, 0.15) is 5.56 Å². The van der Waals surface area contributed by atoms with Gasteiger partial charge in [-0.25, -0.2) is 0 Å². The van der Waals surface area contributed by atoms with Crippen LogP contribution in [0.2, 0.25) is 0 Å². The van der Waals surface area contributed by atoms with Crippen LogP contribution >= 0.6 is 0 Å². The number of rotatable bonds is 6. The Hall–Kier alpha value is -1.95. The standard InChI is InChI=1S/C12H17NO5/c1-15-9-4-8(7-18-11(14)6-13)5-10(16-2)12(9)17-3/h4-5H,6-7,13H2,1-3H3. The molecule has 1 aromatic carbocycles. The molecule has 0 aliphatic heterocycles. The van der Waals surface area contributed by atoms with Gasteiger partial charge < -0.3 is 24.7 Å². The minimum atomic E-state index is -0.469. The fourth-order valence-corrected chi connectivity index (χ4v) is 1.44. The summed E-state index contributed by atoms with van der Waals surface area (Å²) in [7, 11) is 4.56. The summed E-state index contributed by atoms with van der Waals surface area (Å²) in [6.45, 7) is -0.0445. The van der Waals surface area contributed by atoms with Crippen molar-refractivity contribution >= 4 is 5.97 Å². The lowest BCUT2D eigenvalue weighted by Crippen LogP contribution is -2.16. The largest absolute Gasteiger partial charge is 0.493 e. The van der Waals surface area contributed by atoms with Gasteiger partial charge in [0.15, 0.2) is 11.5 Å². The molecule has 6 nitrogen and oxygen atoms in total. The lowest BCUT2D eigenvalue weighted by Gasteiger charge is -2.14. The average Bonchev–Trinajstić information content (AvgIpc) is 2.43. The van der Waals surface area contributed by atoms with Crippen molar-refractivity contribution < 1.29 is 23.7 Å². The number of methoxy groups -OCH3 is 3. The molecule has 0 fully saturated rings. The quantitative estimate of drug-likeness (QED) is 0.754. The topological polar surface area (TPSA) is 80.0 Å². The Morgan fingerprint density at radius 3 is 2.06 bits per heavy atom. The van der Waals surface area contributed by atoms with Gasteiger partial charge in [0.1, 0.15) is 6.61 Å². The second-order valence-electron chi connectivity index (χ2n) is 3.40. The summed E-state index contributed by atoms with van der Waals surface area (Å²) >= 11 is 0. The van der Waals surface area contributed by atoms with Crippen LogP contribution in [0, 0.1) is 0 Å². The molecule has 1 rings (SSSR count). The molecule has 0 amide bonds. The van der Waals surface area contributed by atoms with Gasteiger partial charge in [-0.1, -0.05) is 0 Å². The highest BCUT2D eigenvalue weighted by Crippen LogP contribution is 2.38. The van der Waals surface area contributed by atoms with Crippen LogP contribution in [-0.4, -0.2) is 33.8 Å². The van der Waals surface area contributed by atoms with Gasteiger partial charge >= 0.3 is 5.97 Å². The van der Waals surface area contributed by atoms with E-state index in [0.717, 1.165) is 5.56 Å². The Bertz CT molecular complexity index is 394. The van der Waals surface area contributed by atoms with E-state index in [4.69, 9.17) is 24.7 Å². The molecule has 0 saturated heterocycles. The lowest BCUT2D eigenvalue weighted by molar-refractivity contribution is -0.143. The van der Waals surface area contributed by atoms with E-state index in [0.29, 0.717) is 17.2 Å². The summed E-state index contributed by atoms with van der Waals surface area (Å²) in [6.07, 6.45) is 0. The molecule has 2 N–H and O–H groups in total. The molecule has 100 valence electrons. The third-order valence-electron chi connectivity index (χ3n) is 2.29. The first kappa shape index (κ1) is 14.1. The van der Waals surface area contributed by atoms with Gasteiger partial charge in [-0.2, -0.15) is 0 Å². The van der Waals surface area contributed by atoms with E-state index in [2.05, 4.69) is 0 Å². The van der Waals surface area contributed by atoms with Crippen LogP contribution in [0.4, 0.5) is 0 Å². The first-order valence-corrected chi connectivity index (χ1v) is 5.30. The average molecular weight is 255 g/mol. The molecule has 0 bridgehead atoms. The number of ether oxygens (including phenoxy) is 4. The van der Waals surface area contributed by atoms with Crippen LogP contribution in [0.3, 0.4) is 0 Å². The van der Waals surface area contributed by atoms with Crippen molar-refractivity contribution in [2.75, 3.05) is 27.9 Å². The van der Waals surface area contributed by atoms with Gasteiger partial charge in [0, 0.05) is 0 Å². The number of carbonyl (C=O) groups is 1. The molecule has 0 spiro atoms. The number of nitrogens with two attached hydrogens (primary N) is 1. The Balaban J connectivity index is 2.96. The number of hydrogen-bond donors (Lipinski definition) is 1. The van der Waals surface area contributed by atoms with Crippen molar-refractivity contribution in [3.05, 3.63) is 17.7 Å². The minimum Gasteiger partial charge on any atom is -0.493 e. The molecule has 6 heteroatoms. The highest BCUT2D eigenvalue weighted by atomic mass is 16.5. The monoisotopic (exact) mass is 255 g/mol. The molecule has 0 saturated carbocycles. The molecule has 0 heterocycles. The molecule has 0 aliphatic rings. The zero-order chi connectivity index (χ0) is 13.5. The highest BCUT2D eigenvalue weighted by molar-refractivity contribution is 5.71. The normalized spacial score (nSPS) is 9.78. The second-order valence-corrected chi connectivity index (χ2v) is 3.40. The highest BCUT2D eigenvalue weighted by Gasteiger charge is 2.13. The molecule has 0 radical (unpaired) electrons. The lowest BCUT2D eigenvalue weighted by atomic mass is 10.2. The van der Waals surface area contributed by atoms with Crippen LogP contribution in [0.15, 0.2) is 12.1 Å². The maximum Gasteiger partial charge on any atom is 0.320 e. The predicted octanol–water partition coefficient (Wildman–Crippen LogP) is 0.714. The van der Waals surface area contributed by atoms with Crippen molar-refractivity contribution in [1.82, 2.24) is 0 Å². The van der Waals surface area contributed by atoms with E-state index in [9.17, 15) is 4.79 Å². The van der Waals surface area contributed by atoms with Gasteiger partial charge in [0.2, 0.25) is 5.75 Å². The summed E-state index contributed by atoms with van der Waals surface area (Å²) in [5.41, 5.74) is 5.88. The Morgan fingerprint density at radius 2 is 1.67 bits per heavy atom. The van der Waals surface area contributed by atoms with Gasteiger partial charge in [-0.3, -0.25) is 4.79 Å². The fourth-order valence-electron chi connectivity index (χ4n) is 1.44. The van der Waals surface area contributed by atoms with Gasteiger partial charge in [-0.05, 0) is 17.7 Å². The van der Waals surface area contributed by atoms with E-state index in [1.807, 2.05) is 0 Å². The summed E-state index contributed by atoms with van der Waals surface area (Å²) in [4.78, 5) is 11.0. The molecule has 18 heavy (non-hydrogen) atoms. The molecule has 0 aromatic heterocycles. The first-order chi connectivity index (χ1) is 8.65. The molecular weight excluding hydrogens is 238 g/mol. The smallest absolute Gasteiger partial charge is 0.320 e. The van der Waals surface area contributed by atoms with Crippen molar-refractivity contribution in [2.24, 2.45) is 5.73 Å². The van der Waals surface area contributed by atoms with Gasteiger partial charge in [0.25, 0.3) is 0 Å². The maximum absolute atomic E-state index is 11.0. The third kappa shape index (κ3) is 3.27. The Morgan fingerprint density at radius 1 is 1.11 bits per heavy atom. The maximum atomic E-state index is 11.0.